The van der Waals surface area contributed by atoms with E-state index in [9.17, 15) is 13.6 Å². The maximum atomic E-state index is 14.5. The Morgan fingerprint density at radius 1 is 1.12 bits per heavy atom. The summed E-state index contributed by atoms with van der Waals surface area (Å²) in [7, 11) is 0. The lowest BCUT2D eigenvalue weighted by atomic mass is 9.76. The Morgan fingerprint density at radius 2 is 1.88 bits per heavy atom. The highest BCUT2D eigenvalue weighted by Crippen LogP contribution is 2.45. The van der Waals surface area contributed by atoms with Crippen molar-refractivity contribution in [3.63, 3.8) is 0 Å². The van der Waals surface area contributed by atoms with Gasteiger partial charge in [0.05, 0.1) is 23.1 Å². The predicted molar refractivity (Wildman–Crippen MR) is 92.9 cm³/mol. The largest absolute Gasteiger partial charge is 0.279 e. The number of amides is 1. The second-order valence-electron chi connectivity index (χ2n) is 6.96. The van der Waals surface area contributed by atoms with E-state index in [2.05, 4.69) is 4.98 Å². The molecule has 5 heteroatoms. The summed E-state index contributed by atoms with van der Waals surface area (Å²) in [6.07, 6.45) is 1.69. The zero-order valence-electron chi connectivity index (χ0n) is 13.9. The molecule has 1 aliphatic heterocycles. The van der Waals surface area contributed by atoms with Gasteiger partial charge in [0.1, 0.15) is 11.6 Å². The molecule has 0 aliphatic carbocycles. The van der Waals surface area contributed by atoms with E-state index < -0.39 is 17.0 Å². The minimum Gasteiger partial charge on any atom is -0.279 e. The highest BCUT2D eigenvalue weighted by Gasteiger charge is 2.40. The lowest BCUT2D eigenvalue weighted by Gasteiger charge is -2.38. The third-order valence-electron chi connectivity index (χ3n) is 4.63. The molecule has 3 nitrogen and oxygen atoms in total. The number of aromatic nitrogens is 1. The first-order valence-electron chi connectivity index (χ1n) is 8.04. The minimum absolute atomic E-state index is 0.134. The highest BCUT2D eigenvalue weighted by atomic mass is 19.1. The molecule has 0 bridgehead atoms. The molecule has 126 valence electrons. The number of nitrogens with zero attached hydrogens (tertiary/aromatic N) is 2. The van der Waals surface area contributed by atoms with E-state index in [1.165, 1.54) is 11.0 Å². The van der Waals surface area contributed by atoms with Crippen LogP contribution in [0.25, 0.3) is 10.9 Å². The molecule has 25 heavy (non-hydrogen) atoms. The van der Waals surface area contributed by atoms with Gasteiger partial charge in [-0.1, -0.05) is 32.0 Å². The summed E-state index contributed by atoms with van der Waals surface area (Å²) in [5.41, 5.74) is 1.19. The molecular formula is C20H16F2N2O. The quantitative estimate of drug-likeness (QED) is 0.635. The van der Waals surface area contributed by atoms with Gasteiger partial charge in [-0.25, -0.2) is 8.78 Å². The van der Waals surface area contributed by atoms with E-state index >= 15 is 0 Å². The minimum atomic E-state index is -0.708. The Morgan fingerprint density at radius 3 is 2.68 bits per heavy atom. The van der Waals surface area contributed by atoms with Gasteiger partial charge in [0, 0.05) is 28.9 Å². The normalized spacial score (nSPS) is 16.2. The standard InChI is InChI=1S/C20H16F2N2O/c1-20(2)10-18(25)24(17-9-13(21)8-15(22)19(17)20)14-7-12-5-3-4-6-16(12)23-11-14/h3-9,11H,10H2,1-2H3. The van der Waals surface area contributed by atoms with Gasteiger partial charge in [-0.2, -0.15) is 0 Å². The molecule has 1 amide bonds. The molecule has 0 saturated carbocycles. The number of carbonyl (C=O) groups excluding carboxylic acids is 1. The number of pyridine rings is 1. The Kier molecular flexibility index (Phi) is 3.35. The topological polar surface area (TPSA) is 33.2 Å². The molecule has 0 saturated heterocycles. The number of para-hydroxylation sites is 1. The van der Waals surface area contributed by atoms with Crippen molar-refractivity contribution in [2.45, 2.75) is 25.7 Å². The lowest BCUT2D eigenvalue weighted by molar-refractivity contribution is -0.119. The Hall–Kier alpha value is -2.82. The van der Waals surface area contributed by atoms with Crippen LogP contribution in [0.3, 0.4) is 0 Å². The zero-order chi connectivity index (χ0) is 17.8. The first-order chi connectivity index (χ1) is 11.9. The molecule has 0 spiro atoms. The first-order valence-corrected chi connectivity index (χ1v) is 8.04. The molecule has 1 aliphatic rings. The van der Waals surface area contributed by atoms with Gasteiger partial charge < -0.3 is 0 Å². The van der Waals surface area contributed by atoms with Crippen LogP contribution in [0, 0.1) is 11.6 Å². The number of hydrogen-bond acceptors (Lipinski definition) is 2. The molecule has 0 unspecified atom stereocenters. The number of rotatable bonds is 1. The van der Waals surface area contributed by atoms with E-state index in [1.54, 1.807) is 20.0 Å². The molecule has 4 rings (SSSR count). The average molecular weight is 338 g/mol. The van der Waals surface area contributed by atoms with Crippen LogP contribution >= 0.6 is 0 Å². The second-order valence-corrected chi connectivity index (χ2v) is 6.96. The summed E-state index contributed by atoms with van der Waals surface area (Å²) in [5.74, 6) is -1.55. The molecular weight excluding hydrogens is 322 g/mol. The van der Waals surface area contributed by atoms with Gasteiger partial charge in [-0.05, 0) is 18.2 Å². The monoisotopic (exact) mass is 338 g/mol. The van der Waals surface area contributed by atoms with Gasteiger partial charge in [-0.3, -0.25) is 14.7 Å². The van der Waals surface area contributed by atoms with E-state index in [0.717, 1.165) is 17.0 Å². The van der Waals surface area contributed by atoms with Gasteiger partial charge in [0.15, 0.2) is 0 Å². The van der Waals surface area contributed by atoms with Crippen LogP contribution in [-0.2, 0) is 10.2 Å². The molecule has 2 aromatic carbocycles. The van der Waals surface area contributed by atoms with E-state index in [1.807, 2.05) is 30.3 Å². The maximum absolute atomic E-state index is 14.5. The number of halogens is 2. The fraction of sp³-hybridized carbons (Fsp3) is 0.200. The molecule has 0 radical (unpaired) electrons. The predicted octanol–water partition coefficient (Wildman–Crippen LogP) is 4.86. The van der Waals surface area contributed by atoms with Gasteiger partial charge in [0.2, 0.25) is 5.91 Å². The van der Waals surface area contributed by atoms with Crippen molar-refractivity contribution in [2.24, 2.45) is 0 Å². The van der Waals surface area contributed by atoms with E-state index in [-0.39, 0.29) is 18.0 Å². The molecule has 2 heterocycles. The smallest absolute Gasteiger partial charge is 0.232 e. The maximum Gasteiger partial charge on any atom is 0.232 e. The summed E-state index contributed by atoms with van der Waals surface area (Å²) in [4.78, 5) is 18.5. The van der Waals surface area contributed by atoms with E-state index in [4.69, 9.17) is 0 Å². The van der Waals surface area contributed by atoms with E-state index in [0.29, 0.717) is 11.3 Å². The van der Waals surface area contributed by atoms with Crippen LogP contribution in [0.5, 0.6) is 0 Å². The molecule has 3 aromatic rings. The third-order valence-corrected chi connectivity index (χ3v) is 4.63. The number of fused-ring (bicyclic) bond motifs is 2. The Bertz CT molecular complexity index is 1010. The van der Waals surface area contributed by atoms with Crippen molar-refractivity contribution in [3.8, 4) is 0 Å². The average Bonchev–Trinajstić information content (AvgIpc) is 2.52. The Labute approximate surface area is 143 Å². The van der Waals surface area contributed by atoms with Crippen molar-refractivity contribution < 1.29 is 13.6 Å². The van der Waals surface area contributed by atoms with Crippen LogP contribution < -0.4 is 4.90 Å². The molecule has 0 atom stereocenters. The second kappa shape index (κ2) is 5.34. The van der Waals surface area contributed by atoms with Crippen LogP contribution in [0.15, 0.2) is 48.7 Å². The van der Waals surface area contributed by atoms with Crippen LogP contribution in [0.1, 0.15) is 25.8 Å². The number of anilines is 2. The van der Waals surface area contributed by atoms with Gasteiger partial charge in [0.25, 0.3) is 0 Å². The molecule has 0 N–H and O–H groups in total. The van der Waals surface area contributed by atoms with Crippen molar-refractivity contribution in [2.75, 3.05) is 4.90 Å². The lowest BCUT2D eigenvalue weighted by Crippen LogP contribution is -2.40. The van der Waals surface area contributed by atoms with Crippen LogP contribution in [0.2, 0.25) is 0 Å². The highest BCUT2D eigenvalue weighted by molar-refractivity contribution is 6.05. The van der Waals surface area contributed by atoms with Crippen molar-refractivity contribution in [3.05, 3.63) is 65.9 Å². The van der Waals surface area contributed by atoms with Gasteiger partial charge in [-0.15, -0.1) is 0 Å². The fourth-order valence-corrected chi connectivity index (χ4v) is 3.55. The van der Waals surface area contributed by atoms with Gasteiger partial charge >= 0.3 is 0 Å². The number of benzene rings is 2. The summed E-state index contributed by atoms with van der Waals surface area (Å²) in [6.45, 7) is 3.58. The molecule has 1 aromatic heterocycles. The summed E-state index contributed by atoms with van der Waals surface area (Å²) >= 11 is 0. The first kappa shape index (κ1) is 15.7. The van der Waals surface area contributed by atoms with Crippen LogP contribution in [-0.4, -0.2) is 10.9 Å². The van der Waals surface area contributed by atoms with Crippen LogP contribution in [0.4, 0.5) is 20.2 Å². The summed E-state index contributed by atoms with van der Waals surface area (Å²) in [6, 6.07) is 11.4. The summed E-state index contributed by atoms with van der Waals surface area (Å²) in [5, 5.41) is 0.857. The summed E-state index contributed by atoms with van der Waals surface area (Å²) < 4.78 is 28.4. The van der Waals surface area contributed by atoms with Crippen molar-refractivity contribution in [1.29, 1.82) is 0 Å². The number of hydrogen-bond donors (Lipinski definition) is 0. The number of carbonyl (C=O) groups is 1. The zero-order valence-corrected chi connectivity index (χ0v) is 13.9. The fourth-order valence-electron chi connectivity index (χ4n) is 3.55. The van der Waals surface area contributed by atoms with Crippen molar-refractivity contribution >= 4 is 28.2 Å². The molecule has 0 fully saturated rings. The SMILES string of the molecule is CC1(C)CC(=O)N(c2cnc3ccccc3c2)c2cc(F)cc(F)c21. The third kappa shape index (κ3) is 2.47. The van der Waals surface area contributed by atoms with Crippen molar-refractivity contribution in [1.82, 2.24) is 4.98 Å². The Balaban J connectivity index is 1.96.